The number of methoxy groups -OCH3 is 1. The monoisotopic (exact) mass is 363 g/mol. The number of hydrogen-bond acceptors (Lipinski definition) is 4. The molecule has 1 fully saturated rings. The summed E-state index contributed by atoms with van der Waals surface area (Å²) in [7, 11) is 3.55. The van der Waals surface area contributed by atoms with Crippen LogP contribution in [0.1, 0.15) is 37.3 Å². The van der Waals surface area contributed by atoms with Crippen molar-refractivity contribution in [1.29, 1.82) is 0 Å². The predicted octanol–water partition coefficient (Wildman–Crippen LogP) is 2.64. The van der Waals surface area contributed by atoms with Crippen LogP contribution in [-0.4, -0.2) is 52.1 Å². The van der Waals surface area contributed by atoms with Crippen molar-refractivity contribution in [3.05, 3.63) is 29.3 Å². The molecule has 0 radical (unpaired) electrons. The minimum absolute atomic E-state index is 0.185. The highest BCUT2D eigenvalue weighted by Gasteiger charge is 2.32. The summed E-state index contributed by atoms with van der Waals surface area (Å²) < 4.78 is 17.1. The Kier molecular flexibility index (Phi) is 8.19. The lowest BCUT2D eigenvalue weighted by atomic mass is 9.94. The number of rotatable bonds is 8. The molecule has 0 aromatic heterocycles. The zero-order chi connectivity index (χ0) is 18.8. The molecule has 2 N–H and O–H groups in total. The maximum Gasteiger partial charge on any atom is 0.191 e. The van der Waals surface area contributed by atoms with Gasteiger partial charge in [0.1, 0.15) is 5.75 Å². The van der Waals surface area contributed by atoms with E-state index in [0.29, 0.717) is 13.1 Å². The summed E-state index contributed by atoms with van der Waals surface area (Å²) in [5.41, 5.74) is 2.14. The zero-order valence-electron chi connectivity index (χ0n) is 16.6. The van der Waals surface area contributed by atoms with Crippen molar-refractivity contribution in [2.45, 2.75) is 45.3 Å². The Labute approximate surface area is 157 Å². The molecule has 1 aliphatic heterocycles. The molecule has 146 valence electrons. The molecule has 0 spiro atoms. The minimum Gasteiger partial charge on any atom is -0.493 e. The third-order valence-corrected chi connectivity index (χ3v) is 4.77. The highest BCUT2D eigenvalue weighted by Crippen LogP contribution is 2.23. The fourth-order valence-electron chi connectivity index (χ4n) is 3.00. The van der Waals surface area contributed by atoms with Crippen LogP contribution in [0.4, 0.5) is 0 Å². The second-order valence-electron chi connectivity index (χ2n) is 6.74. The van der Waals surface area contributed by atoms with Crippen LogP contribution in [0.25, 0.3) is 0 Å². The van der Waals surface area contributed by atoms with Gasteiger partial charge in [0.2, 0.25) is 0 Å². The molecular formula is C20H33N3O3. The van der Waals surface area contributed by atoms with Gasteiger partial charge in [-0.3, -0.25) is 4.99 Å². The summed E-state index contributed by atoms with van der Waals surface area (Å²) in [6.45, 7) is 7.76. The lowest BCUT2D eigenvalue weighted by Gasteiger charge is -2.36. The van der Waals surface area contributed by atoms with Crippen LogP contribution in [0, 0.1) is 6.92 Å². The molecule has 2 rings (SSSR count). The van der Waals surface area contributed by atoms with E-state index in [9.17, 15) is 0 Å². The topological polar surface area (TPSA) is 64.1 Å². The van der Waals surface area contributed by atoms with Gasteiger partial charge in [-0.25, -0.2) is 0 Å². The SMILES string of the molecule is CCCOc1cc(C)ccc1CNC(=NC)NCC1(OC)CCOCC1. The maximum atomic E-state index is 5.89. The molecule has 0 atom stereocenters. The minimum atomic E-state index is -0.185. The molecule has 0 aliphatic carbocycles. The first-order valence-corrected chi connectivity index (χ1v) is 9.42. The zero-order valence-corrected chi connectivity index (χ0v) is 16.6. The highest BCUT2D eigenvalue weighted by molar-refractivity contribution is 5.79. The summed E-state index contributed by atoms with van der Waals surface area (Å²) in [5, 5.41) is 6.77. The van der Waals surface area contributed by atoms with E-state index in [0.717, 1.165) is 56.4 Å². The first-order valence-electron chi connectivity index (χ1n) is 9.42. The van der Waals surface area contributed by atoms with Crippen LogP contribution in [0.2, 0.25) is 0 Å². The van der Waals surface area contributed by atoms with Crippen LogP contribution in [0.15, 0.2) is 23.2 Å². The summed E-state index contributed by atoms with van der Waals surface area (Å²) >= 11 is 0. The van der Waals surface area contributed by atoms with Gasteiger partial charge in [-0.05, 0) is 25.0 Å². The fourth-order valence-corrected chi connectivity index (χ4v) is 3.00. The van der Waals surface area contributed by atoms with Gasteiger partial charge in [0.05, 0.1) is 12.2 Å². The van der Waals surface area contributed by atoms with E-state index in [4.69, 9.17) is 14.2 Å². The van der Waals surface area contributed by atoms with Gasteiger partial charge in [-0.2, -0.15) is 0 Å². The van der Waals surface area contributed by atoms with Crippen LogP contribution in [0.5, 0.6) is 5.75 Å². The first kappa shape index (κ1) is 20.5. The number of aliphatic imine (C=N–C) groups is 1. The van der Waals surface area contributed by atoms with E-state index in [1.807, 2.05) is 0 Å². The number of benzene rings is 1. The van der Waals surface area contributed by atoms with Crippen molar-refractivity contribution in [3.63, 3.8) is 0 Å². The Morgan fingerprint density at radius 1 is 1.27 bits per heavy atom. The first-order chi connectivity index (χ1) is 12.6. The lowest BCUT2D eigenvalue weighted by Crippen LogP contribution is -2.50. The fraction of sp³-hybridized carbons (Fsp3) is 0.650. The van der Waals surface area contributed by atoms with Gasteiger partial charge in [-0.15, -0.1) is 0 Å². The molecule has 0 bridgehead atoms. The van der Waals surface area contributed by atoms with E-state index >= 15 is 0 Å². The van der Waals surface area contributed by atoms with Gasteiger partial charge < -0.3 is 24.8 Å². The molecule has 6 nitrogen and oxygen atoms in total. The van der Waals surface area contributed by atoms with E-state index in [1.165, 1.54) is 5.56 Å². The summed E-state index contributed by atoms with van der Waals surface area (Å²) in [4.78, 5) is 4.33. The molecule has 1 aromatic rings. The molecule has 0 amide bonds. The lowest BCUT2D eigenvalue weighted by molar-refractivity contribution is -0.0855. The van der Waals surface area contributed by atoms with Crippen molar-refractivity contribution >= 4 is 5.96 Å². The summed E-state index contributed by atoms with van der Waals surface area (Å²) in [6.07, 6.45) is 2.77. The van der Waals surface area contributed by atoms with Crippen molar-refractivity contribution in [2.75, 3.05) is 40.5 Å². The average molecular weight is 364 g/mol. The third-order valence-electron chi connectivity index (χ3n) is 4.77. The maximum absolute atomic E-state index is 5.89. The van der Waals surface area contributed by atoms with Crippen molar-refractivity contribution in [3.8, 4) is 5.75 Å². The molecule has 1 heterocycles. The van der Waals surface area contributed by atoms with Crippen molar-refractivity contribution in [2.24, 2.45) is 4.99 Å². The molecule has 1 saturated heterocycles. The quantitative estimate of drug-likeness (QED) is 0.549. The number of nitrogens with zero attached hydrogens (tertiary/aromatic N) is 1. The van der Waals surface area contributed by atoms with E-state index < -0.39 is 0 Å². The number of nitrogens with one attached hydrogen (secondary N) is 2. The Hall–Kier alpha value is -1.79. The highest BCUT2D eigenvalue weighted by atomic mass is 16.5. The van der Waals surface area contributed by atoms with Gasteiger partial charge >= 0.3 is 0 Å². The Bertz CT molecular complexity index is 584. The van der Waals surface area contributed by atoms with Gasteiger partial charge in [0.25, 0.3) is 0 Å². The predicted molar refractivity (Wildman–Crippen MR) is 105 cm³/mol. The van der Waals surface area contributed by atoms with Crippen molar-refractivity contribution in [1.82, 2.24) is 10.6 Å². The smallest absolute Gasteiger partial charge is 0.191 e. The van der Waals surface area contributed by atoms with Gasteiger partial charge in [0, 0.05) is 58.9 Å². The second-order valence-corrected chi connectivity index (χ2v) is 6.74. The van der Waals surface area contributed by atoms with Gasteiger partial charge in [0.15, 0.2) is 5.96 Å². The summed E-state index contributed by atoms with van der Waals surface area (Å²) in [5.74, 6) is 1.70. The molecule has 0 unspecified atom stereocenters. The second kappa shape index (κ2) is 10.4. The Balaban J connectivity index is 1.92. The van der Waals surface area contributed by atoms with Crippen LogP contribution >= 0.6 is 0 Å². The Morgan fingerprint density at radius 2 is 2.04 bits per heavy atom. The van der Waals surface area contributed by atoms with E-state index in [-0.39, 0.29) is 5.60 Å². The molecule has 1 aromatic carbocycles. The van der Waals surface area contributed by atoms with E-state index in [2.05, 4.69) is 47.7 Å². The number of ether oxygens (including phenoxy) is 3. The van der Waals surface area contributed by atoms with Crippen LogP contribution in [-0.2, 0) is 16.0 Å². The third kappa shape index (κ3) is 5.88. The molecule has 6 heteroatoms. The van der Waals surface area contributed by atoms with Crippen LogP contribution in [0.3, 0.4) is 0 Å². The van der Waals surface area contributed by atoms with Gasteiger partial charge in [-0.1, -0.05) is 19.1 Å². The van der Waals surface area contributed by atoms with E-state index in [1.54, 1.807) is 14.2 Å². The molecular weight excluding hydrogens is 330 g/mol. The normalized spacial score (nSPS) is 17.0. The number of aryl methyl sites for hydroxylation is 1. The molecule has 26 heavy (non-hydrogen) atoms. The standard InChI is InChI=1S/C20H33N3O3/c1-5-10-26-18-13-16(2)6-7-17(18)14-22-19(21-3)23-15-20(24-4)8-11-25-12-9-20/h6-7,13H,5,8-12,14-15H2,1-4H3,(H2,21,22,23). The summed E-state index contributed by atoms with van der Waals surface area (Å²) in [6, 6.07) is 6.30. The van der Waals surface area contributed by atoms with Crippen LogP contribution < -0.4 is 15.4 Å². The largest absolute Gasteiger partial charge is 0.493 e. The average Bonchev–Trinajstić information content (AvgIpc) is 2.68. The number of hydrogen-bond donors (Lipinski definition) is 2. The Morgan fingerprint density at radius 3 is 2.69 bits per heavy atom. The number of guanidine groups is 1. The molecule has 1 aliphatic rings. The molecule has 0 saturated carbocycles. The van der Waals surface area contributed by atoms with Crippen molar-refractivity contribution < 1.29 is 14.2 Å².